The standard InChI is InChI=1S/C10H6N8S2/c1-5-7(20-17-13-5)9-16-18-8(14-15-10(18)19-9)6-4-11-2-3-12-6/h2-4H,1H3. The predicted molar refractivity (Wildman–Crippen MR) is 73.3 cm³/mol. The van der Waals surface area contributed by atoms with E-state index >= 15 is 0 Å². The lowest BCUT2D eigenvalue weighted by atomic mass is 10.4. The molecule has 4 aromatic heterocycles. The van der Waals surface area contributed by atoms with Crippen molar-refractivity contribution in [3.05, 3.63) is 24.3 Å². The fourth-order valence-corrected chi connectivity index (χ4v) is 3.32. The van der Waals surface area contributed by atoms with Crippen LogP contribution in [0.3, 0.4) is 0 Å². The van der Waals surface area contributed by atoms with Gasteiger partial charge >= 0.3 is 0 Å². The highest BCUT2D eigenvalue weighted by Crippen LogP contribution is 2.30. The number of aryl methyl sites for hydroxylation is 1. The molecule has 10 heteroatoms. The maximum absolute atomic E-state index is 4.53. The molecule has 0 spiro atoms. The second-order valence-electron chi connectivity index (χ2n) is 3.90. The summed E-state index contributed by atoms with van der Waals surface area (Å²) >= 11 is 2.77. The zero-order chi connectivity index (χ0) is 13.5. The van der Waals surface area contributed by atoms with Gasteiger partial charge < -0.3 is 0 Å². The molecule has 0 aliphatic rings. The van der Waals surface area contributed by atoms with Crippen LogP contribution in [-0.2, 0) is 0 Å². The first-order chi connectivity index (χ1) is 9.83. The lowest BCUT2D eigenvalue weighted by Crippen LogP contribution is -1.93. The number of hydrogen-bond donors (Lipinski definition) is 0. The number of rotatable bonds is 2. The van der Waals surface area contributed by atoms with Crippen LogP contribution in [0.4, 0.5) is 0 Å². The maximum atomic E-state index is 4.53. The van der Waals surface area contributed by atoms with Gasteiger partial charge in [-0.15, -0.1) is 15.3 Å². The molecular weight excluding hydrogens is 296 g/mol. The largest absolute Gasteiger partial charge is 0.261 e. The van der Waals surface area contributed by atoms with E-state index in [1.807, 2.05) is 6.92 Å². The quantitative estimate of drug-likeness (QED) is 0.553. The molecule has 4 aromatic rings. The predicted octanol–water partition coefficient (Wildman–Crippen LogP) is 1.47. The van der Waals surface area contributed by atoms with Crippen molar-refractivity contribution in [2.24, 2.45) is 0 Å². The molecular formula is C10H6N8S2. The molecule has 20 heavy (non-hydrogen) atoms. The highest BCUT2D eigenvalue weighted by Gasteiger charge is 2.17. The number of nitrogens with zero attached hydrogens (tertiary/aromatic N) is 8. The van der Waals surface area contributed by atoms with Crippen LogP contribution < -0.4 is 0 Å². The highest BCUT2D eigenvalue weighted by atomic mass is 32.1. The van der Waals surface area contributed by atoms with Crippen molar-refractivity contribution in [2.75, 3.05) is 0 Å². The normalized spacial score (nSPS) is 11.2. The third-order valence-corrected chi connectivity index (χ3v) is 4.51. The van der Waals surface area contributed by atoms with Crippen LogP contribution in [0, 0.1) is 6.92 Å². The van der Waals surface area contributed by atoms with Crippen molar-refractivity contribution in [3.63, 3.8) is 0 Å². The molecule has 0 saturated heterocycles. The first kappa shape index (κ1) is 11.5. The Labute approximate surface area is 120 Å². The second kappa shape index (κ2) is 4.35. The first-order valence-corrected chi connectivity index (χ1v) is 7.20. The van der Waals surface area contributed by atoms with Crippen molar-refractivity contribution in [2.45, 2.75) is 6.92 Å². The minimum atomic E-state index is 0.575. The van der Waals surface area contributed by atoms with E-state index in [4.69, 9.17) is 0 Å². The van der Waals surface area contributed by atoms with Gasteiger partial charge in [-0.2, -0.15) is 9.61 Å². The van der Waals surface area contributed by atoms with Crippen molar-refractivity contribution >= 4 is 27.8 Å². The van der Waals surface area contributed by atoms with Crippen LogP contribution in [0.5, 0.6) is 0 Å². The smallest absolute Gasteiger partial charge is 0.235 e. The minimum absolute atomic E-state index is 0.575. The van der Waals surface area contributed by atoms with Crippen molar-refractivity contribution < 1.29 is 0 Å². The lowest BCUT2D eigenvalue weighted by molar-refractivity contribution is 0.957. The molecule has 0 unspecified atom stereocenters. The fraction of sp³-hybridized carbons (Fsp3) is 0.100. The summed E-state index contributed by atoms with van der Waals surface area (Å²) in [6.07, 6.45) is 4.86. The van der Waals surface area contributed by atoms with E-state index in [0.29, 0.717) is 16.5 Å². The van der Waals surface area contributed by atoms with Crippen LogP contribution in [0.15, 0.2) is 18.6 Å². The Balaban J connectivity index is 1.90. The van der Waals surface area contributed by atoms with Crippen molar-refractivity contribution in [1.29, 1.82) is 0 Å². The molecule has 8 nitrogen and oxygen atoms in total. The van der Waals surface area contributed by atoms with Gasteiger partial charge in [-0.05, 0) is 18.5 Å². The van der Waals surface area contributed by atoms with Gasteiger partial charge in [0.15, 0.2) is 5.01 Å². The van der Waals surface area contributed by atoms with E-state index < -0.39 is 0 Å². The maximum Gasteiger partial charge on any atom is 0.235 e. The Bertz CT molecular complexity index is 877. The van der Waals surface area contributed by atoms with Gasteiger partial charge in [0.25, 0.3) is 0 Å². The van der Waals surface area contributed by atoms with Gasteiger partial charge in [0.2, 0.25) is 10.8 Å². The third-order valence-electron chi connectivity index (χ3n) is 2.63. The second-order valence-corrected chi connectivity index (χ2v) is 5.61. The zero-order valence-electron chi connectivity index (χ0n) is 10.1. The molecule has 0 N–H and O–H groups in total. The van der Waals surface area contributed by atoms with E-state index in [0.717, 1.165) is 15.6 Å². The number of fused-ring (bicyclic) bond motifs is 1. The molecule has 0 saturated carbocycles. The summed E-state index contributed by atoms with van der Waals surface area (Å²) in [6.45, 7) is 1.91. The highest BCUT2D eigenvalue weighted by molar-refractivity contribution is 7.23. The van der Waals surface area contributed by atoms with E-state index in [2.05, 4.69) is 34.9 Å². The Morgan fingerprint density at radius 1 is 1.15 bits per heavy atom. The van der Waals surface area contributed by atoms with E-state index in [1.165, 1.54) is 22.9 Å². The SMILES string of the molecule is Cc1nnsc1-c1nn2c(-c3cnccn3)nnc2s1. The van der Waals surface area contributed by atoms with Crippen molar-refractivity contribution in [1.82, 2.24) is 39.4 Å². The Kier molecular flexibility index (Phi) is 2.50. The van der Waals surface area contributed by atoms with Crippen LogP contribution >= 0.6 is 22.9 Å². The van der Waals surface area contributed by atoms with E-state index in [-0.39, 0.29) is 0 Å². The Morgan fingerprint density at radius 3 is 2.85 bits per heavy atom. The first-order valence-electron chi connectivity index (χ1n) is 5.61. The molecule has 0 bridgehead atoms. The van der Waals surface area contributed by atoms with Gasteiger partial charge in [-0.1, -0.05) is 15.8 Å². The average Bonchev–Trinajstić information content (AvgIpc) is 3.13. The monoisotopic (exact) mass is 302 g/mol. The molecule has 98 valence electrons. The van der Waals surface area contributed by atoms with Gasteiger partial charge in [0.1, 0.15) is 10.6 Å². The van der Waals surface area contributed by atoms with E-state index in [9.17, 15) is 0 Å². The van der Waals surface area contributed by atoms with Crippen molar-refractivity contribution in [3.8, 4) is 21.4 Å². The summed E-state index contributed by atoms with van der Waals surface area (Å²) in [6, 6.07) is 0. The Morgan fingerprint density at radius 2 is 2.10 bits per heavy atom. The molecule has 4 rings (SSSR count). The van der Waals surface area contributed by atoms with Gasteiger partial charge in [-0.25, -0.2) is 4.98 Å². The molecule has 0 fully saturated rings. The molecule has 4 heterocycles. The fourth-order valence-electron chi connectivity index (χ4n) is 1.71. The van der Waals surface area contributed by atoms with Crippen LogP contribution in [-0.4, -0.2) is 39.4 Å². The molecule has 0 aromatic carbocycles. The summed E-state index contributed by atoms with van der Waals surface area (Å²) < 4.78 is 5.59. The summed E-state index contributed by atoms with van der Waals surface area (Å²) in [7, 11) is 0. The molecule has 0 aliphatic carbocycles. The van der Waals surface area contributed by atoms with Crippen LogP contribution in [0.1, 0.15) is 5.69 Å². The van der Waals surface area contributed by atoms with Crippen LogP contribution in [0.2, 0.25) is 0 Å². The third kappa shape index (κ3) is 1.69. The van der Waals surface area contributed by atoms with Gasteiger partial charge in [0, 0.05) is 12.4 Å². The minimum Gasteiger partial charge on any atom is -0.261 e. The summed E-state index contributed by atoms with van der Waals surface area (Å²) in [5.74, 6) is 0.575. The van der Waals surface area contributed by atoms with E-state index in [1.54, 1.807) is 23.1 Å². The summed E-state index contributed by atoms with van der Waals surface area (Å²) in [5, 5.41) is 17.6. The Hall–Kier alpha value is -2.33. The van der Waals surface area contributed by atoms with Gasteiger partial charge in [-0.3, -0.25) is 4.98 Å². The summed E-state index contributed by atoms with van der Waals surface area (Å²) in [4.78, 5) is 9.90. The van der Waals surface area contributed by atoms with Gasteiger partial charge in [0.05, 0.1) is 11.9 Å². The zero-order valence-corrected chi connectivity index (χ0v) is 11.8. The topological polar surface area (TPSA) is 94.6 Å². The number of hydrogen-bond acceptors (Lipinski definition) is 9. The molecule has 0 radical (unpaired) electrons. The lowest BCUT2D eigenvalue weighted by Gasteiger charge is -1.93. The molecule has 0 aliphatic heterocycles. The number of aromatic nitrogens is 8. The van der Waals surface area contributed by atoms with Crippen LogP contribution in [0.25, 0.3) is 26.4 Å². The summed E-state index contributed by atoms with van der Waals surface area (Å²) in [5.41, 5.74) is 1.50. The molecule has 0 amide bonds. The molecule has 0 atom stereocenters. The average molecular weight is 302 g/mol.